The van der Waals surface area contributed by atoms with Crippen molar-refractivity contribution in [2.24, 2.45) is 0 Å². The molecule has 2 unspecified atom stereocenters. The van der Waals surface area contributed by atoms with Crippen LogP contribution in [0.5, 0.6) is 11.8 Å². The number of phenolic OH excluding ortho intramolecular Hbond substituents is 1. The summed E-state index contributed by atoms with van der Waals surface area (Å²) in [6.45, 7) is 3.57. The number of anilines is 1. The highest BCUT2D eigenvalue weighted by Crippen LogP contribution is 2.42. The molecule has 3 aliphatic rings. The normalized spacial score (nSPS) is 21.4. The van der Waals surface area contributed by atoms with Crippen molar-refractivity contribution in [3.05, 3.63) is 47.2 Å². The first kappa shape index (κ1) is 29.5. The second-order valence-electron chi connectivity index (χ2n) is 12.0. The summed E-state index contributed by atoms with van der Waals surface area (Å²) in [4.78, 5) is 17.6. The van der Waals surface area contributed by atoms with E-state index in [1.54, 1.807) is 6.92 Å². The van der Waals surface area contributed by atoms with Crippen LogP contribution in [0.4, 0.5) is 23.4 Å². The van der Waals surface area contributed by atoms with Gasteiger partial charge in [0.25, 0.3) is 0 Å². The Kier molecular flexibility index (Phi) is 7.41. The van der Waals surface area contributed by atoms with E-state index in [-0.39, 0.29) is 75.7 Å². The number of aryl methyl sites for hydroxylation is 1. The Morgan fingerprint density at radius 1 is 1.07 bits per heavy atom. The minimum atomic E-state index is -1.69. The fourth-order valence-corrected chi connectivity index (χ4v) is 7.28. The molecule has 0 aliphatic carbocycles. The zero-order valence-corrected chi connectivity index (χ0v) is 24.7. The van der Waals surface area contributed by atoms with Crippen molar-refractivity contribution in [1.82, 2.24) is 25.2 Å². The number of hydrogen-bond acceptors (Lipinski definition) is 8. The maximum absolute atomic E-state index is 16.9. The van der Waals surface area contributed by atoms with E-state index in [9.17, 15) is 18.3 Å². The number of ether oxygens (including phenoxy) is 1. The molecule has 2 aromatic carbocycles. The Morgan fingerprint density at radius 2 is 1.80 bits per heavy atom. The Balaban J connectivity index is 1.45. The largest absolute Gasteiger partial charge is 0.508 e. The number of nitrogens with zero attached hydrogens (tertiary/aromatic N) is 5. The van der Waals surface area contributed by atoms with E-state index in [2.05, 4.69) is 31.1 Å². The molecule has 0 spiro atoms. The number of nitrogens with one attached hydrogen (secondary N) is 1. The molecule has 2 N–H and O–H groups in total. The SMILES string of the molecule is C#Cc1c(F)ccc2cc(O)cc(-c3nc(CC)c4c(N5CC(F)NC(F)C5)nc(OCC56CCCN5CCC6)nc4c3F)c12. The summed E-state index contributed by atoms with van der Waals surface area (Å²) in [5.74, 6) is 0.692. The van der Waals surface area contributed by atoms with Gasteiger partial charge in [0.15, 0.2) is 18.4 Å². The molecule has 4 aromatic rings. The molecule has 234 valence electrons. The van der Waals surface area contributed by atoms with Crippen molar-refractivity contribution >= 4 is 27.5 Å². The van der Waals surface area contributed by atoms with Gasteiger partial charge >= 0.3 is 6.01 Å². The summed E-state index contributed by atoms with van der Waals surface area (Å²) in [6, 6.07) is 5.20. The van der Waals surface area contributed by atoms with Crippen LogP contribution in [0.25, 0.3) is 32.9 Å². The molecule has 8 nitrogen and oxygen atoms in total. The lowest BCUT2D eigenvalue weighted by Gasteiger charge is -2.34. The van der Waals surface area contributed by atoms with Crippen LogP contribution >= 0.6 is 0 Å². The number of terminal acetylenes is 1. The molecular formula is C33H32F4N6O2. The Hall–Kier alpha value is -4.21. The van der Waals surface area contributed by atoms with Crippen LogP contribution in [-0.4, -0.2) is 75.9 Å². The third-order valence-electron chi connectivity index (χ3n) is 9.31. The topological polar surface area (TPSA) is 86.6 Å². The van der Waals surface area contributed by atoms with Gasteiger partial charge in [0.1, 0.15) is 35.2 Å². The number of alkyl halides is 2. The average Bonchev–Trinajstić information content (AvgIpc) is 3.60. The van der Waals surface area contributed by atoms with Gasteiger partial charge in [-0.1, -0.05) is 18.9 Å². The van der Waals surface area contributed by atoms with Crippen molar-refractivity contribution in [2.75, 3.05) is 37.7 Å². The first-order valence-corrected chi connectivity index (χ1v) is 15.2. The first-order valence-electron chi connectivity index (χ1n) is 15.2. The van der Waals surface area contributed by atoms with Crippen molar-refractivity contribution < 1.29 is 27.4 Å². The predicted octanol–water partition coefficient (Wildman–Crippen LogP) is 5.38. The van der Waals surface area contributed by atoms with Crippen LogP contribution in [0.2, 0.25) is 0 Å². The van der Waals surface area contributed by atoms with Gasteiger partial charge in [0.2, 0.25) is 0 Å². The summed E-state index contributed by atoms with van der Waals surface area (Å²) in [5, 5.41) is 13.6. The van der Waals surface area contributed by atoms with Crippen LogP contribution in [0.3, 0.4) is 0 Å². The molecule has 0 saturated carbocycles. The van der Waals surface area contributed by atoms with Gasteiger partial charge < -0.3 is 14.7 Å². The van der Waals surface area contributed by atoms with E-state index in [1.807, 2.05) is 0 Å². The highest BCUT2D eigenvalue weighted by Gasteiger charge is 2.45. The lowest BCUT2D eigenvalue weighted by Crippen LogP contribution is -2.53. The number of fused-ring (bicyclic) bond motifs is 3. The van der Waals surface area contributed by atoms with Gasteiger partial charge in [-0.3, -0.25) is 10.2 Å². The summed E-state index contributed by atoms with van der Waals surface area (Å²) in [5.41, 5.74) is -0.206. The minimum absolute atomic E-state index is 0.0791. The Bertz CT molecular complexity index is 1840. The molecule has 2 atom stereocenters. The van der Waals surface area contributed by atoms with Gasteiger partial charge in [-0.15, -0.1) is 6.42 Å². The molecule has 7 rings (SSSR count). The third-order valence-corrected chi connectivity index (χ3v) is 9.31. The fourth-order valence-electron chi connectivity index (χ4n) is 7.28. The molecule has 0 bridgehead atoms. The number of benzene rings is 2. The predicted molar refractivity (Wildman–Crippen MR) is 163 cm³/mol. The number of aromatic hydroxyl groups is 1. The summed E-state index contributed by atoms with van der Waals surface area (Å²) in [6.07, 6.45) is 6.58. The van der Waals surface area contributed by atoms with E-state index < -0.39 is 24.2 Å². The molecule has 2 aromatic heterocycles. The number of aromatic nitrogens is 3. The molecule has 12 heteroatoms. The van der Waals surface area contributed by atoms with Crippen LogP contribution in [0.15, 0.2) is 24.3 Å². The highest BCUT2D eigenvalue weighted by atomic mass is 19.2. The lowest BCUT2D eigenvalue weighted by atomic mass is 9.95. The fraction of sp³-hybridized carbons (Fsp3) is 0.424. The number of rotatable bonds is 6. The summed E-state index contributed by atoms with van der Waals surface area (Å²) < 4.78 is 67.1. The highest BCUT2D eigenvalue weighted by molar-refractivity contribution is 6.03. The zero-order valence-electron chi connectivity index (χ0n) is 24.7. The second-order valence-corrected chi connectivity index (χ2v) is 12.0. The van der Waals surface area contributed by atoms with Crippen LogP contribution in [-0.2, 0) is 6.42 Å². The minimum Gasteiger partial charge on any atom is -0.508 e. The van der Waals surface area contributed by atoms with Crippen LogP contribution in [0, 0.1) is 24.0 Å². The standard InChI is InChI=1S/C33H32F4N6O2/c1-3-20-22(34)8-7-18-13-19(44)14-21(26(18)20)29-28(37)30-27(23(4-2)38-29)31(42-15-24(35)39-25(36)16-42)41-32(40-30)45-17-33-9-5-11-43(33)12-6-10-33/h1,7-8,13-14,24-25,39,44H,4-6,9-12,15-17H2,2H3. The molecule has 3 aliphatic heterocycles. The molecule has 3 fully saturated rings. The zero-order chi connectivity index (χ0) is 31.5. The molecule has 0 radical (unpaired) electrons. The Labute approximate surface area is 257 Å². The van der Waals surface area contributed by atoms with Crippen molar-refractivity contribution in [2.45, 2.75) is 57.2 Å². The van der Waals surface area contributed by atoms with Gasteiger partial charge in [-0.25, -0.2) is 22.5 Å². The molecule has 0 amide bonds. The smallest absolute Gasteiger partial charge is 0.319 e. The van der Waals surface area contributed by atoms with Gasteiger partial charge in [0, 0.05) is 10.9 Å². The van der Waals surface area contributed by atoms with Crippen LogP contribution in [0.1, 0.15) is 43.9 Å². The number of phenols is 1. The van der Waals surface area contributed by atoms with Crippen molar-refractivity contribution in [1.29, 1.82) is 0 Å². The maximum atomic E-state index is 16.9. The molecule has 3 saturated heterocycles. The van der Waals surface area contributed by atoms with E-state index in [1.165, 1.54) is 29.2 Å². The first-order chi connectivity index (χ1) is 21.7. The number of halogens is 4. The van der Waals surface area contributed by atoms with Crippen molar-refractivity contribution in [3.8, 4) is 35.4 Å². The number of pyridine rings is 1. The average molecular weight is 621 g/mol. The Morgan fingerprint density at radius 3 is 2.49 bits per heavy atom. The maximum Gasteiger partial charge on any atom is 0.319 e. The van der Waals surface area contributed by atoms with Gasteiger partial charge in [-0.2, -0.15) is 9.97 Å². The summed E-state index contributed by atoms with van der Waals surface area (Å²) in [7, 11) is 0. The number of hydrogen-bond donors (Lipinski definition) is 2. The quantitative estimate of drug-likeness (QED) is 0.169. The van der Waals surface area contributed by atoms with Gasteiger partial charge in [0.05, 0.1) is 35.3 Å². The molecule has 5 heterocycles. The summed E-state index contributed by atoms with van der Waals surface area (Å²) >= 11 is 0. The van der Waals surface area contributed by atoms with Crippen molar-refractivity contribution in [3.63, 3.8) is 0 Å². The lowest BCUT2D eigenvalue weighted by molar-refractivity contribution is 0.107. The second kappa shape index (κ2) is 11.3. The molecule has 45 heavy (non-hydrogen) atoms. The van der Waals surface area contributed by atoms with E-state index in [0.717, 1.165) is 38.8 Å². The monoisotopic (exact) mass is 620 g/mol. The van der Waals surface area contributed by atoms with E-state index in [4.69, 9.17) is 11.2 Å². The number of piperazine rings is 1. The van der Waals surface area contributed by atoms with E-state index in [0.29, 0.717) is 17.7 Å². The third kappa shape index (κ3) is 4.98. The van der Waals surface area contributed by atoms with Crippen LogP contribution < -0.4 is 15.0 Å². The molecular weight excluding hydrogens is 588 g/mol. The van der Waals surface area contributed by atoms with Gasteiger partial charge in [-0.05, 0) is 68.8 Å². The van der Waals surface area contributed by atoms with E-state index >= 15 is 4.39 Å².